The molecule has 0 aromatic rings. The lowest BCUT2D eigenvalue weighted by atomic mass is 9.82. The van der Waals surface area contributed by atoms with Crippen LogP contribution in [0.25, 0.3) is 0 Å². The Bertz CT molecular complexity index is 1490. The third-order valence-corrected chi connectivity index (χ3v) is 12.9. The van der Waals surface area contributed by atoms with Gasteiger partial charge in [-0.3, -0.25) is 9.59 Å². The summed E-state index contributed by atoms with van der Waals surface area (Å²) in [4.78, 5) is 43.2. The predicted molar refractivity (Wildman–Crippen MR) is 231 cm³/mol. The van der Waals surface area contributed by atoms with Crippen LogP contribution >= 0.6 is 0 Å². The Hall–Kier alpha value is -2.39. The molecule has 4 aliphatic heterocycles. The van der Waals surface area contributed by atoms with Crippen LogP contribution in [0.5, 0.6) is 0 Å². The number of cyclic esters (lactones) is 1. The number of hydrogen-bond donors (Lipinski definition) is 3. The van der Waals surface area contributed by atoms with Gasteiger partial charge in [-0.1, -0.05) is 38.2 Å². The van der Waals surface area contributed by atoms with E-state index in [1.165, 1.54) is 14.0 Å². The number of aliphatic hydroxyl groups is 3. The summed E-state index contributed by atoms with van der Waals surface area (Å²) in [7, 11) is 9.04. The van der Waals surface area contributed by atoms with Crippen molar-refractivity contribution in [2.45, 2.75) is 204 Å². The number of aldehydes is 1. The summed E-state index contributed by atoms with van der Waals surface area (Å²) in [5, 5.41) is 33.7. The minimum Gasteiger partial charge on any atom is -0.462 e. The Balaban J connectivity index is 1.74. The molecule has 63 heavy (non-hydrogen) atoms. The number of esters is 2. The summed E-state index contributed by atoms with van der Waals surface area (Å²) in [6.45, 7) is 12.4. The van der Waals surface area contributed by atoms with Crippen LogP contribution in [0.3, 0.4) is 0 Å². The van der Waals surface area contributed by atoms with E-state index < -0.39 is 109 Å². The summed E-state index contributed by atoms with van der Waals surface area (Å²) < 4.78 is 56.7. The Kier molecular flexibility index (Phi) is 20.6. The quantitative estimate of drug-likeness (QED) is 0.180. The van der Waals surface area contributed by atoms with E-state index in [4.69, 9.17) is 42.6 Å². The van der Waals surface area contributed by atoms with E-state index in [9.17, 15) is 29.7 Å². The molecule has 4 heterocycles. The lowest BCUT2D eigenvalue weighted by Crippen LogP contribution is -2.65. The molecule has 0 spiro atoms. The van der Waals surface area contributed by atoms with Gasteiger partial charge in [-0.25, -0.2) is 0 Å². The number of likely N-dealkylation sites (N-methyl/N-ethyl adjacent to an activating group) is 2. The van der Waals surface area contributed by atoms with Crippen LogP contribution in [0.1, 0.15) is 99.8 Å². The highest BCUT2D eigenvalue weighted by Crippen LogP contribution is 2.38. The second kappa shape index (κ2) is 24.4. The van der Waals surface area contributed by atoms with Crippen molar-refractivity contribution in [3.63, 3.8) is 0 Å². The van der Waals surface area contributed by atoms with E-state index in [1.807, 2.05) is 52.2 Å². The molecule has 0 bridgehead atoms. The standard InChI is InChI=1S/C46H78N2O15/c1-13-35(50)60-34-24-36(51)56-27(3)17-15-14-16-18-33(61-37-20-19-32(47(8)9)28(4)57-37)26(2)23-31(21-22-49)42(43(34)55-12)63-45-40(52)39(48(10)11)41(29(5)59-45)62-38-25-46(7,54)44(53)30(6)58-38/h14-16,18,22,26-34,37-45,52-54H,13,17,19-21,23-25H2,1-12H3/b15-14-,18-16?/t26-,27-,28+,29-,30+,31+,32+,33+,34-,37+,38+,39-,40-,41-,42+,43+,44+,45+,46-/m1/s1. The first kappa shape index (κ1) is 53.2. The van der Waals surface area contributed by atoms with Gasteiger partial charge in [0.15, 0.2) is 18.9 Å². The van der Waals surface area contributed by atoms with E-state index in [-0.39, 0.29) is 43.7 Å². The van der Waals surface area contributed by atoms with Crippen molar-refractivity contribution in [1.82, 2.24) is 9.80 Å². The molecule has 3 N–H and O–H groups in total. The molecule has 0 saturated carbocycles. The largest absolute Gasteiger partial charge is 0.462 e. The average molecular weight is 899 g/mol. The maximum absolute atomic E-state index is 13.5. The molecule has 0 aromatic heterocycles. The maximum Gasteiger partial charge on any atom is 0.309 e. The van der Waals surface area contributed by atoms with Crippen LogP contribution in [0, 0.1) is 11.8 Å². The van der Waals surface area contributed by atoms with Crippen molar-refractivity contribution >= 4 is 18.2 Å². The molecule has 4 aliphatic rings. The SMILES string of the molecule is CCC(=O)O[C@@H]1CC(=O)O[C@H](C)C/C=C\C=C[C@H](O[C@H]2CC[C@H](N(C)C)[C@H](C)O2)[C@H](C)C[C@H](CC=O)[C@H](O[C@@H]2O[C@H](C)[C@@H](O[C@H]3C[C@@](C)(O)[C@@H](O)[C@H](C)O3)[C@H](N(C)C)[C@H]2O)[C@H]1OC. The first-order valence-electron chi connectivity index (χ1n) is 22.7. The van der Waals surface area contributed by atoms with Gasteiger partial charge in [0.1, 0.15) is 42.9 Å². The number of ether oxygens (including phenoxy) is 9. The number of hydrogen-bond acceptors (Lipinski definition) is 17. The number of methoxy groups -OCH3 is 1. The zero-order chi connectivity index (χ0) is 46.8. The zero-order valence-corrected chi connectivity index (χ0v) is 39.6. The third kappa shape index (κ3) is 14.5. The van der Waals surface area contributed by atoms with Crippen molar-refractivity contribution in [1.29, 1.82) is 0 Å². The highest BCUT2D eigenvalue weighted by molar-refractivity contribution is 5.72. The minimum atomic E-state index is -1.49. The number of rotatable bonds is 13. The van der Waals surface area contributed by atoms with Crippen LogP contribution < -0.4 is 0 Å². The molecule has 3 saturated heterocycles. The molecule has 0 radical (unpaired) electrons. The van der Waals surface area contributed by atoms with Crippen LogP contribution in [0.15, 0.2) is 24.3 Å². The van der Waals surface area contributed by atoms with E-state index in [0.29, 0.717) is 19.3 Å². The highest BCUT2D eigenvalue weighted by atomic mass is 16.7. The molecule has 0 amide bonds. The van der Waals surface area contributed by atoms with Crippen LogP contribution in [-0.4, -0.2) is 182 Å². The Morgan fingerprint density at radius 3 is 2.21 bits per heavy atom. The van der Waals surface area contributed by atoms with Gasteiger partial charge in [-0.15, -0.1) is 0 Å². The van der Waals surface area contributed by atoms with Gasteiger partial charge in [0.05, 0.1) is 48.6 Å². The maximum atomic E-state index is 13.5. The number of aliphatic hydroxyl groups excluding tert-OH is 2. The van der Waals surface area contributed by atoms with Gasteiger partial charge in [0.25, 0.3) is 0 Å². The van der Waals surface area contributed by atoms with E-state index >= 15 is 0 Å². The summed E-state index contributed by atoms with van der Waals surface area (Å²) in [5.74, 6) is -2.12. The lowest BCUT2D eigenvalue weighted by molar-refractivity contribution is -0.344. The number of carbonyl (C=O) groups excluding carboxylic acids is 3. The van der Waals surface area contributed by atoms with Crippen LogP contribution in [-0.2, 0) is 57.0 Å². The second-order valence-electron chi connectivity index (χ2n) is 18.6. The zero-order valence-electron chi connectivity index (χ0n) is 39.6. The Morgan fingerprint density at radius 2 is 1.60 bits per heavy atom. The van der Waals surface area contributed by atoms with Crippen LogP contribution in [0.4, 0.5) is 0 Å². The molecule has 17 heteroatoms. The third-order valence-electron chi connectivity index (χ3n) is 12.9. The van der Waals surface area contributed by atoms with Gasteiger partial charge in [-0.05, 0) is 93.9 Å². The summed E-state index contributed by atoms with van der Waals surface area (Å²) in [6, 6.07) is -0.510. The highest BCUT2D eigenvalue weighted by Gasteiger charge is 2.52. The molecule has 17 nitrogen and oxygen atoms in total. The molecule has 3 fully saturated rings. The smallest absolute Gasteiger partial charge is 0.309 e. The van der Waals surface area contributed by atoms with Gasteiger partial charge in [0, 0.05) is 38.8 Å². The molecule has 0 aromatic carbocycles. The number of carbonyl (C=O) groups is 3. The molecule has 0 aliphatic carbocycles. The second-order valence-corrected chi connectivity index (χ2v) is 18.6. The number of allylic oxidation sites excluding steroid dienone is 2. The van der Waals surface area contributed by atoms with Crippen molar-refractivity contribution < 1.29 is 72.3 Å². The average Bonchev–Trinajstić information content (AvgIpc) is 3.19. The fourth-order valence-electron chi connectivity index (χ4n) is 9.44. The molecule has 4 rings (SSSR count). The molecular formula is C46H78N2O15. The molecule has 19 atom stereocenters. The fraction of sp³-hybridized carbons (Fsp3) is 0.848. The molecule has 0 unspecified atom stereocenters. The van der Waals surface area contributed by atoms with E-state index in [2.05, 4.69) is 4.90 Å². The predicted octanol–water partition coefficient (Wildman–Crippen LogP) is 3.29. The minimum absolute atomic E-state index is 0.0117. The lowest BCUT2D eigenvalue weighted by Gasteiger charge is -2.50. The first-order valence-corrected chi connectivity index (χ1v) is 22.7. The first-order chi connectivity index (χ1) is 29.7. The van der Waals surface area contributed by atoms with Crippen molar-refractivity contribution in [2.24, 2.45) is 11.8 Å². The molecule has 362 valence electrons. The van der Waals surface area contributed by atoms with Gasteiger partial charge < -0.3 is 72.5 Å². The van der Waals surface area contributed by atoms with E-state index in [1.54, 1.807) is 46.7 Å². The summed E-state index contributed by atoms with van der Waals surface area (Å²) in [5.41, 5.74) is -1.49. The van der Waals surface area contributed by atoms with Crippen molar-refractivity contribution in [2.75, 3.05) is 35.3 Å². The van der Waals surface area contributed by atoms with Gasteiger partial charge in [-0.2, -0.15) is 0 Å². The summed E-state index contributed by atoms with van der Waals surface area (Å²) in [6.07, 6.45) is -1.76. The van der Waals surface area contributed by atoms with E-state index in [0.717, 1.165) is 12.7 Å². The Labute approximate surface area is 374 Å². The van der Waals surface area contributed by atoms with Gasteiger partial charge in [0.2, 0.25) is 0 Å². The van der Waals surface area contributed by atoms with Gasteiger partial charge >= 0.3 is 11.9 Å². The van der Waals surface area contributed by atoms with Crippen LogP contribution in [0.2, 0.25) is 0 Å². The fourth-order valence-corrected chi connectivity index (χ4v) is 9.44. The van der Waals surface area contributed by atoms with Crippen molar-refractivity contribution in [3.05, 3.63) is 24.3 Å². The van der Waals surface area contributed by atoms with Crippen molar-refractivity contribution in [3.8, 4) is 0 Å². The Morgan fingerprint density at radius 1 is 0.905 bits per heavy atom. The molecular weight excluding hydrogens is 821 g/mol. The normalized spacial score (nSPS) is 43.0. The number of nitrogens with zero attached hydrogens (tertiary/aromatic N) is 2. The summed E-state index contributed by atoms with van der Waals surface area (Å²) >= 11 is 0. The monoisotopic (exact) mass is 899 g/mol. The topological polar surface area (TPSA) is 201 Å².